The van der Waals surface area contributed by atoms with Crippen molar-refractivity contribution < 1.29 is 9.84 Å². The van der Waals surface area contributed by atoms with Gasteiger partial charge in [-0.3, -0.25) is 0 Å². The Morgan fingerprint density at radius 1 is 1.20 bits per heavy atom. The highest BCUT2D eigenvalue weighted by atomic mass is 16.5. The first-order valence-corrected chi connectivity index (χ1v) is 7.02. The Morgan fingerprint density at radius 3 is 2.40 bits per heavy atom. The van der Waals surface area contributed by atoms with Crippen LogP contribution >= 0.6 is 0 Å². The number of aliphatic hydroxyl groups excluding tert-OH is 1. The maximum absolute atomic E-state index is 9.17. The molecule has 0 bridgehead atoms. The van der Waals surface area contributed by atoms with Gasteiger partial charge in [0.2, 0.25) is 11.9 Å². The van der Waals surface area contributed by atoms with E-state index in [4.69, 9.17) is 4.74 Å². The van der Waals surface area contributed by atoms with Crippen LogP contribution in [0.15, 0.2) is 0 Å². The lowest BCUT2D eigenvalue weighted by molar-refractivity contribution is 0.221. The van der Waals surface area contributed by atoms with E-state index >= 15 is 0 Å². The summed E-state index contributed by atoms with van der Waals surface area (Å²) < 4.78 is 5.56. The van der Waals surface area contributed by atoms with E-state index < -0.39 is 0 Å². The summed E-state index contributed by atoms with van der Waals surface area (Å²) in [5.41, 5.74) is 0. The van der Waals surface area contributed by atoms with Crippen LogP contribution in [0.3, 0.4) is 0 Å². The molecule has 0 spiro atoms. The number of hydrogen-bond donors (Lipinski definition) is 2. The minimum Gasteiger partial charge on any atom is -0.461 e. The largest absolute Gasteiger partial charge is 0.461 e. The lowest BCUT2D eigenvalue weighted by atomic mass is 10.3. The van der Waals surface area contributed by atoms with Crippen LogP contribution in [0.2, 0.25) is 0 Å². The van der Waals surface area contributed by atoms with Crippen LogP contribution in [0.25, 0.3) is 0 Å². The van der Waals surface area contributed by atoms with Crippen LogP contribution in [-0.4, -0.2) is 51.9 Å². The molecule has 7 heteroatoms. The number of ether oxygens (including phenoxy) is 1. The average molecular weight is 283 g/mol. The zero-order valence-corrected chi connectivity index (χ0v) is 12.9. The Labute approximate surface area is 120 Å². The van der Waals surface area contributed by atoms with Gasteiger partial charge in [0.1, 0.15) is 0 Å². The highest BCUT2D eigenvalue weighted by molar-refractivity contribution is 5.39. The minimum absolute atomic E-state index is 0.00920. The van der Waals surface area contributed by atoms with Gasteiger partial charge in [0, 0.05) is 19.1 Å². The van der Waals surface area contributed by atoms with Gasteiger partial charge in [-0.05, 0) is 34.6 Å². The summed E-state index contributed by atoms with van der Waals surface area (Å²) in [5.74, 6) is 0.993. The molecule has 0 radical (unpaired) electrons. The summed E-state index contributed by atoms with van der Waals surface area (Å²) >= 11 is 0. The van der Waals surface area contributed by atoms with Crippen LogP contribution in [0, 0.1) is 0 Å². The molecule has 0 fully saturated rings. The normalized spacial score (nSPS) is 11.0. The van der Waals surface area contributed by atoms with Gasteiger partial charge in [0.05, 0.1) is 12.7 Å². The van der Waals surface area contributed by atoms with E-state index in [1.54, 1.807) is 0 Å². The molecule has 20 heavy (non-hydrogen) atoms. The summed E-state index contributed by atoms with van der Waals surface area (Å²) in [7, 11) is 0. The molecule has 1 aromatic heterocycles. The van der Waals surface area contributed by atoms with E-state index in [1.807, 2.05) is 39.5 Å². The van der Waals surface area contributed by atoms with Gasteiger partial charge in [-0.1, -0.05) is 0 Å². The van der Waals surface area contributed by atoms with Crippen molar-refractivity contribution in [2.75, 3.05) is 29.9 Å². The number of aromatic nitrogens is 3. The fourth-order valence-corrected chi connectivity index (χ4v) is 1.67. The van der Waals surface area contributed by atoms with Crippen molar-refractivity contribution in [1.82, 2.24) is 15.0 Å². The zero-order chi connectivity index (χ0) is 15.1. The molecule has 0 saturated carbocycles. The fraction of sp³-hybridized carbons (Fsp3) is 0.769. The molecular formula is C13H25N5O2. The van der Waals surface area contributed by atoms with Crippen molar-refractivity contribution in [3.8, 4) is 6.01 Å². The molecule has 1 aromatic rings. The summed E-state index contributed by atoms with van der Waals surface area (Å²) in [5, 5.41) is 12.2. The molecule has 0 saturated heterocycles. The van der Waals surface area contributed by atoms with Gasteiger partial charge in [-0.2, -0.15) is 15.0 Å². The molecular weight excluding hydrogens is 258 g/mol. The Balaban J connectivity index is 3.11. The molecule has 0 amide bonds. The molecule has 0 aliphatic rings. The van der Waals surface area contributed by atoms with Crippen molar-refractivity contribution in [3.63, 3.8) is 0 Å². The first kappa shape index (κ1) is 16.4. The fourth-order valence-electron chi connectivity index (χ4n) is 1.67. The van der Waals surface area contributed by atoms with E-state index in [-0.39, 0.29) is 18.8 Å². The van der Waals surface area contributed by atoms with Crippen LogP contribution < -0.4 is 15.0 Å². The van der Waals surface area contributed by atoms with Gasteiger partial charge in [-0.15, -0.1) is 0 Å². The average Bonchev–Trinajstić information content (AvgIpc) is 2.34. The second-order valence-electron chi connectivity index (χ2n) is 4.95. The summed E-state index contributed by atoms with van der Waals surface area (Å²) in [4.78, 5) is 14.8. The number of rotatable bonds is 8. The van der Waals surface area contributed by atoms with Crippen molar-refractivity contribution in [2.24, 2.45) is 0 Å². The van der Waals surface area contributed by atoms with E-state index in [2.05, 4.69) is 20.3 Å². The molecule has 0 atom stereocenters. The van der Waals surface area contributed by atoms with Crippen molar-refractivity contribution in [2.45, 2.75) is 46.8 Å². The molecule has 1 rings (SSSR count). The van der Waals surface area contributed by atoms with Crippen molar-refractivity contribution in [3.05, 3.63) is 0 Å². The zero-order valence-electron chi connectivity index (χ0n) is 12.9. The maximum Gasteiger partial charge on any atom is 0.323 e. The number of hydrogen-bond acceptors (Lipinski definition) is 7. The molecule has 7 nitrogen and oxygen atoms in total. The third kappa shape index (κ3) is 4.80. The summed E-state index contributed by atoms with van der Waals surface area (Å²) in [6, 6.07) is 0.468. The third-order valence-corrected chi connectivity index (χ3v) is 2.50. The lowest BCUT2D eigenvalue weighted by Gasteiger charge is -2.26. The number of aliphatic hydroxyl groups is 1. The Morgan fingerprint density at radius 2 is 1.90 bits per heavy atom. The summed E-state index contributed by atoms with van der Waals surface area (Å²) in [6.07, 6.45) is -0.00920. The smallest absolute Gasteiger partial charge is 0.323 e. The minimum atomic E-state index is -0.00920. The van der Waals surface area contributed by atoms with Crippen LogP contribution in [0.1, 0.15) is 34.6 Å². The predicted molar refractivity (Wildman–Crippen MR) is 79.3 cm³/mol. The Hall–Kier alpha value is -1.63. The molecule has 1 heterocycles. The predicted octanol–water partition coefficient (Wildman–Crippen LogP) is 1.30. The molecule has 114 valence electrons. The van der Waals surface area contributed by atoms with Gasteiger partial charge >= 0.3 is 6.01 Å². The number of nitrogens with one attached hydrogen (secondary N) is 1. The Bertz CT molecular complexity index is 412. The highest BCUT2D eigenvalue weighted by Crippen LogP contribution is 2.17. The maximum atomic E-state index is 9.17. The van der Waals surface area contributed by atoms with E-state index in [9.17, 15) is 5.11 Å². The molecule has 0 aliphatic carbocycles. The monoisotopic (exact) mass is 283 g/mol. The highest BCUT2D eigenvalue weighted by Gasteiger charge is 2.17. The molecule has 0 aromatic carbocycles. The second kappa shape index (κ2) is 7.84. The quantitative estimate of drug-likeness (QED) is 0.744. The van der Waals surface area contributed by atoms with E-state index in [0.29, 0.717) is 31.0 Å². The number of anilines is 2. The summed E-state index contributed by atoms with van der Waals surface area (Å²) in [6.45, 7) is 11.1. The van der Waals surface area contributed by atoms with Gasteiger partial charge < -0.3 is 20.1 Å². The van der Waals surface area contributed by atoms with Gasteiger partial charge in [-0.25, -0.2) is 0 Å². The molecule has 2 N–H and O–H groups in total. The Kier molecular flexibility index (Phi) is 6.44. The standard InChI is InChI=1S/C13H25N5O2/c1-6-14-11-15-12(18(7-8-19)9(2)3)17-13(16-11)20-10(4)5/h9-10,19H,6-8H2,1-5H3,(H,14,15,16,17). The third-order valence-electron chi connectivity index (χ3n) is 2.50. The van der Waals surface area contributed by atoms with E-state index in [0.717, 1.165) is 0 Å². The van der Waals surface area contributed by atoms with Crippen LogP contribution in [0.5, 0.6) is 6.01 Å². The first-order valence-electron chi connectivity index (χ1n) is 7.02. The second-order valence-corrected chi connectivity index (χ2v) is 4.95. The van der Waals surface area contributed by atoms with E-state index in [1.165, 1.54) is 0 Å². The SMILES string of the molecule is CCNc1nc(OC(C)C)nc(N(CCO)C(C)C)n1. The molecule has 0 unspecified atom stereocenters. The lowest BCUT2D eigenvalue weighted by Crippen LogP contribution is -2.35. The number of nitrogens with zero attached hydrogens (tertiary/aromatic N) is 4. The van der Waals surface area contributed by atoms with Crippen molar-refractivity contribution in [1.29, 1.82) is 0 Å². The van der Waals surface area contributed by atoms with Gasteiger partial charge in [0.25, 0.3) is 0 Å². The van der Waals surface area contributed by atoms with Gasteiger partial charge in [0.15, 0.2) is 0 Å². The van der Waals surface area contributed by atoms with Crippen LogP contribution in [-0.2, 0) is 0 Å². The van der Waals surface area contributed by atoms with Crippen LogP contribution in [0.4, 0.5) is 11.9 Å². The molecule has 0 aliphatic heterocycles. The topological polar surface area (TPSA) is 83.4 Å². The van der Waals surface area contributed by atoms with Crippen molar-refractivity contribution >= 4 is 11.9 Å². The first-order chi connectivity index (χ1) is 9.47.